The number of aromatic nitrogens is 1. The number of nitrogens with one attached hydrogen (secondary N) is 1. The molecule has 1 heterocycles. The van der Waals surface area contributed by atoms with Crippen LogP contribution in [0.4, 0.5) is 0 Å². The molecule has 2 aromatic carbocycles. The van der Waals surface area contributed by atoms with Gasteiger partial charge in [-0.25, -0.2) is 0 Å². The lowest BCUT2D eigenvalue weighted by Crippen LogP contribution is -2.49. The van der Waals surface area contributed by atoms with Crippen molar-refractivity contribution in [2.75, 3.05) is 0 Å². The Hall–Kier alpha value is -2.53. The largest absolute Gasteiger partial charge is 0.480 e. The highest BCUT2D eigenvalue weighted by molar-refractivity contribution is 6.31. The maximum absolute atomic E-state index is 12.2. The standard InChI is InChI=1S/C20H20ClNO4/c1-3-11(4-2)20(18(23)24,19(25)26)12-5-7-14-15-10-13(21)6-8-16(15)22-17(14)9-12/h5-11,22H,3-4H2,1-2H3,(H,23,24)(H,25,26). The average molecular weight is 374 g/mol. The van der Waals surface area contributed by atoms with Crippen molar-refractivity contribution in [2.45, 2.75) is 32.1 Å². The summed E-state index contributed by atoms with van der Waals surface area (Å²) in [5.74, 6) is -3.19. The molecular formula is C20H20ClNO4. The van der Waals surface area contributed by atoms with Gasteiger partial charge in [-0.15, -0.1) is 0 Å². The van der Waals surface area contributed by atoms with Crippen LogP contribution in [0.3, 0.4) is 0 Å². The van der Waals surface area contributed by atoms with Gasteiger partial charge >= 0.3 is 11.9 Å². The van der Waals surface area contributed by atoms with E-state index >= 15 is 0 Å². The Labute approximate surface area is 155 Å². The Morgan fingerprint density at radius 3 is 2.23 bits per heavy atom. The number of carboxylic acid groups (broad SMARTS) is 2. The highest BCUT2D eigenvalue weighted by Crippen LogP contribution is 2.40. The van der Waals surface area contributed by atoms with Crippen molar-refractivity contribution in [3.05, 3.63) is 47.0 Å². The second-order valence-electron chi connectivity index (χ2n) is 6.51. The zero-order valence-corrected chi connectivity index (χ0v) is 15.3. The van der Waals surface area contributed by atoms with E-state index in [2.05, 4.69) is 4.98 Å². The molecule has 3 N–H and O–H groups in total. The van der Waals surface area contributed by atoms with Crippen LogP contribution in [0.5, 0.6) is 0 Å². The average Bonchev–Trinajstić information content (AvgIpc) is 2.95. The van der Waals surface area contributed by atoms with Crippen LogP contribution in [0.1, 0.15) is 32.3 Å². The molecule has 0 saturated heterocycles. The summed E-state index contributed by atoms with van der Waals surface area (Å²) < 4.78 is 0. The van der Waals surface area contributed by atoms with Crippen molar-refractivity contribution in [3.8, 4) is 0 Å². The van der Waals surface area contributed by atoms with Crippen LogP contribution in [-0.2, 0) is 15.0 Å². The third kappa shape index (κ3) is 2.54. The summed E-state index contributed by atoms with van der Waals surface area (Å²) in [7, 11) is 0. The van der Waals surface area contributed by atoms with Crippen molar-refractivity contribution in [2.24, 2.45) is 5.92 Å². The number of hydrogen-bond acceptors (Lipinski definition) is 2. The van der Waals surface area contributed by atoms with Crippen molar-refractivity contribution in [3.63, 3.8) is 0 Å². The van der Waals surface area contributed by atoms with E-state index in [4.69, 9.17) is 11.6 Å². The molecule has 0 bridgehead atoms. The quantitative estimate of drug-likeness (QED) is 0.540. The topological polar surface area (TPSA) is 90.4 Å². The minimum atomic E-state index is -1.98. The number of fused-ring (bicyclic) bond motifs is 3. The van der Waals surface area contributed by atoms with Crippen LogP contribution >= 0.6 is 11.6 Å². The zero-order chi connectivity index (χ0) is 19.1. The number of rotatable bonds is 6. The zero-order valence-electron chi connectivity index (χ0n) is 14.5. The number of benzene rings is 2. The van der Waals surface area contributed by atoms with E-state index in [0.29, 0.717) is 23.4 Å². The third-order valence-corrected chi connectivity index (χ3v) is 5.52. The van der Waals surface area contributed by atoms with Gasteiger partial charge in [0.15, 0.2) is 5.41 Å². The Bertz CT molecular complexity index is 990. The summed E-state index contributed by atoms with van der Waals surface area (Å²) in [6.45, 7) is 3.64. The number of halogens is 1. The van der Waals surface area contributed by atoms with E-state index in [1.165, 1.54) is 0 Å². The molecule has 5 nitrogen and oxygen atoms in total. The first-order valence-electron chi connectivity index (χ1n) is 8.54. The number of hydrogen-bond donors (Lipinski definition) is 3. The Kier molecular flexibility index (Phi) is 4.67. The van der Waals surface area contributed by atoms with Crippen LogP contribution in [0.15, 0.2) is 36.4 Å². The maximum atomic E-state index is 12.2. The Morgan fingerprint density at radius 2 is 1.65 bits per heavy atom. The SMILES string of the molecule is CCC(CC)C(C(=O)O)(C(=O)O)c1ccc2c(c1)[nH]c1ccc(Cl)cc12. The predicted molar refractivity (Wildman–Crippen MR) is 102 cm³/mol. The first kappa shape index (κ1) is 18.3. The molecule has 0 atom stereocenters. The van der Waals surface area contributed by atoms with Gasteiger partial charge < -0.3 is 15.2 Å². The molecule has 26 heavy (non-hydrogen) atoms. The molecule has 0 amide bonds. The summed E-state index contributed by atoms with van der Waals surface area (Å²) in [6.07, 6.45) is 0.908. The van der Waals surface area contributed by atoms with Gasteiger partial charge in [-0.2, -0.15) is 0 Å². The fraction of sp³-hybridized carbons (Fsp3) is 0.300. The first-order chi connectivity index (χ1) is 12.4. The molecule has 0 aliphatic carbocycles. The number of aromatic amines is 1. The Morgan fingerprint density at radius 1 is 1.00 bits per heavy atom. The van der Waals surface area contributed by atoms with Gasteiger partial charge in [0.1, 0.15) is 0 Å². The summed E-state index contributed by atoms with van der Waals surface area (Å²) in [5, 5.41) is 22.2. The molecule has 0 unspecified atom stereocenters. The summed E-state index contributed by atoms with van der Waals surface area (Å²) >= 11 is 6.07. The lowest BCUT2D eigenvalue weighted by Gasteiger charge is -2.33. The van der Waals surface area contributed by atoms with E-state index in [1.54, 1.807) is 24.3 Å². The lowest BCUT2D eigenvalue weighted by molar-refractivity contribution is -0.161. The first-order valence-corrected chi connectivity index (χ1v) is 8.92. The maximum Gasteiger partial charge on any atom is 0.325 e. The predicted octanol–water partition coefficient (Wildman–Crippen LogP) is 4.82. The molecule has 0 spiro atoms. The van der Waals surface area contributed by atoms with Gasteiger partial charge in [0, 0.05) is 26.8 Å². The molecule has 136 valence electrons. The fourth-order valence-electron chi connectivity index (χ4n) is 3.95. The van der Waals surface area contributed by atoms with Gasteiger partial charge in [0.05, 0.1) is 0 Å². The summed E-state index contributed by atoms with van der Waals surface area (Å²) in [4.78, 5) is 27.6. The number of carbonyl (C=O) groups is 2. The molecule has 3 rings (SSSR count). The number of aliphatic carboxylic acids is 2. The van der Waals surface area contributed by atoms with Crippen LogP contribution in [-0.4, -0.2) is 27.1 Å². The fourth-order valence-corrected chi connectivity index (χ4v) is 4.12. The van der Waals surface area contributed by atoms with E-state index in [0.717, 1.165) is 16.3 Å². The van der Waals surface area contributed by atoms with Crippen LogP contribution in [0, 0.1) is 5.92 Å². The van der Waals surface area contributed by atoms with Crippen molar-refractivity contribution < 1.29 is 19.8 Å². The molecule has 1 aromatic heterocycles. The smallest absolute Gasteiger partial charge is 0.325 e. The highest BCUT2D eigenvalue weighted by Gasteiger charge is 2.53. The molecule has 0 saturated carbocycles. The minimum absolute atomic E-state index is 0.274. The van der Waals surface area contributed by atoms with Gasteiger partial charge in [-0.3, -0.25) is 9.59 Å². The van der Waals surface area contributed by atoms with Crippen LogP contribution < -0.4 is 0 Å². The van der Waals surface area contributed by atoms with E-state index < -0.39 is 23.3 Å². The Balaban J connectivity index is 2.31. The molecule has 0 radical (unpaired) electrons. The van der Waals surface area contributed by atoms with Gasteiger partial charge in [-0.05, 0) is 35.7 Å². The third-order valence-electron chi connectivity index (χ3n) is 5.29. The highest BCUT2D eigenvalue weighted by atomic mass is 35.5. The summed E-state index contributed by atoms with van der Waals surface area (Å²) in [6, 6.07) is 10.5. The monoisotopic (exact) mass is 373 g/mol. The van der Waals surface area contributed by atoms with E-state index in [-0.39, 0.29) is 5.56 Å². The van der Waals surface area contributed by atoms with Gasteiger partial charge in [0.2, 0.25) is 0 Å². The molecule has 6 heteroatoms. The molecule has 0 aliphatic heterocycles. The molecule has 0 aliphatic rings. The second kappa shape index (κ2) is 6.65. The van der Waals surface area contributed by atoms with Crippen LogP contribution in [0.2, 0.25) is 5.02 Å². The van der Waals surface area contributed by atoms with Crippen molar-refractivity contribution >= 4 is 45.3 Å². The van der Waals surface area contributed by atoms with Crippen LogP contribution in [0.25, 0.3) is 21.8 Å². The second-order valence-corrected chi connectivity index (χ2v) is 6.94. The van der Waals surface area contributed by atoms with Crippen molar-refractivity contribution in [1.29, 1.82) is 0 Å². The molecular weight excluding hydrogens is 354 g/mol. The minimum Gasteiger partial charge on any atom is -0.480 e. The molecule has 3 aromatic rings. The summed E-state index contributed by atoms with van der Waals surface area (Å²) in [5.41, 5.74) is -0.151. The van der Waals surface area contributed by atoms with Gasteiger partial charge in [0.25, 0.3) is 0 Å². The lowest BCUT2D eigenvalue weighted by atomic mass is 9.68. The van der Waals surface area contributed by atoms with Crippen molar-refractivity contribution in [1.82, 2.24) is 4.98 Å². The molecule has 0 fully saturated rings. The normalized spacial score (nSPS) is 12.2. The van der Waals surface area contributed by atoms with E-state index in [1.807, 2.05) is 26.0 Å². The number of carboxylic acids is 2. The van der Waals surface area contributed by atoms with E-state index in [9.17, 15) is 19.8 Å². The number of H-pyrrole nitrogens is 1. The van der Waals surface area contributed by atoms with Gasteiger partial charge in [-0.1, -0.05) is 50.4 Å².